The number of amides is 1. The van der Waals surface area contributed by atoms with Gasteiger partial charge >= 0.3 is 0 Å². The molecule has 1 amide bonds. The molecule has 1 aliphatic carbocycles. The topological polar surface area (TPSA) is 147 Å². The molecule has 216 valence electrons. The van der Waals surface area contributed by atoms with Gasteiger partial charge in [0.1, 0.15) is 29.2 Å². The zero-order chi connectivity index (χ0) is 29.9. The molecule has 0 radical (unpaired) electrons. The Bertz CT molecular complexity index is 1320. The predicted octanol–water partition coefficient (Wildman–Crippen LogP) is 2.98. The van der Waals surface area contributed by atoms with E-state index in [1.165, 1.54) is 25.3 Å². The van der Waals surface area contributed by atoms with Gasteiger partial charge in [-0.05, 0) is 30.9 Å². The van der Waals surface area contributed by atoms with Crippen molar-refractivity contribution in [1.29, 1.82) is 0 Å². The Morgan fingerprint density at radius 3 is 2.10 bits per heavy atom. The maximum atomic E-state index is 12.2. The van der Waals surface area contributed by atoms with Crippen molar-refractivity contribution in [2.24, 2.45) is 11.8 Å². The van der Waals surface area contributed by atoms with Crippen molar-refractivity contribution in [3.63, 3.8) is 0 Å². The third kappa shape index (κ3) is 7.59. The quantitative estimate of drug-likeness (QED) is 0.0901. The highest BCUT2D eigenvalue weighted by molar-refractivity contribution is 6.27. The van der Waals surface area contributed by atoms with Crippen molar-refractivity contribution in [3.8, 4) is 0 Å². The molecule has 5 N–H and O–H groups in total. The Balaban J connectivity index is 1.54. The normalized spacial score (nSPS) is 28.3. The number of carbonyl (C=O) groups is 3. The van der Waals surface area contributed by atoms with Gasteiger partial charge in [0.2, 0.25) is 0 Å². The Morgan fingerprint density at radius 2 is 1.51 bits per heavy atom. The van der Waals surface area contributed by atoms with Crippen molar-refractivity contribution in [3.05, 3.63) is 120 Å². The predicted molar refractivity (Wildman–Crippen MR) is 156 cm³/mol. The number of nitrogens with zero attached hydrogens (tertiary/aromatic N) is 1. The summed E-state index contributed by atoms with van der Waals surface area (Å²) in [5, 5.41) is 41.7. The highest BCUT2D eigenvalue weighted by Crippen LogP contribution is 2.27. The number of ketones is 2. The van der Waals surface area contributed by atoms with Crippen molar-refractivity contribution >= 4 is 17.5 Å². The molecule has 41 heavy (non-hydrogen) atoms. The molecule has 0 spiro atoms. The lowest BCUT2D eigenvalue weighted by Gasteiger charge is -2.22. The first kappa shape index (κ1) is 31.1. The summed E-state index contributed by atoms with van der Waals surface area (Å²) < 4.78 is 0. The average Bonchev–Trinajstić information content (AvgIpc) is 3.37. The second-order valence-electron chi connectivity index (χ2n) is 9.73. The van der Waals surface area contributed by atoms with Crippen LogP contribution in [0.2, 0.25) is 0 Å². The summed E-state index contributed by atoms with van der Waals surface area (Å²) in [6, 6.07) is -1.75. The van der Waals surface area contributed by atoms with Crippen molar-refractivity contribution in [1.82, 2.24) is 10.2 Å². The summed E-state index contributed by atoms with van der Waals surface area (Å²) in [5.74, 6) is -1.78. The Morgan fingerprint density at radius 1 is 0.902 bits per heavy atom. The lowest BCUT2D eigenvalue weighted by Crippen LogP contribution is -2.34. The van der Waals surface area contributed by atoms with Crippen molar-refractivity contribution < 1.29 is 34.8 Å². The van der Waals surface area contributed by atoms with Gasteiger partial charge in [-0.15, -0.1) is 0 Å². The lowest BCUT2D eigenvalue weighted by atomic mass is 9.83. The molecule has 2 aliphatic heterocycles. The van der Waals surface area contributed by atoms with Crippen LogP contribution in [-0.4, -0.2) is 75.1 Å². The highest BCUT2D eigenvalue weighted by Gasteiger charge is 2.42. The Hall–Kier alpha value is -4.47. The number of hydrogen-bond acceptors (Lipinski definition) is 8. The van der Waals surface area contributed by atoms with Gasteiger partial charge in [-0.25, -0.2) is 0 Å². The summed E-state index contributed by atoms with van der Waals surface area (Å²) >= 11 is 0. The number of aliphatic hydroxyl groups excluding tert-OH is 4. The minimum Gasteiger partial charge on any atom is -0.507 e. The van der Waals surface area contributed by atoms with E-state index >= 15 is 0 Å². The van der Waals surface area contributed by atoms with E-state index in [9.17, 15) is 34.8 Å². The number of rotatable bonds is 10. The van der Waals surface area contributed by atoms with Crippen LogP contribution in [0.15, 0.2) is 120 Å². The van der Waals surface area contributed by atoms with Crippen LogP contribution in [0.5, 0.6) is 0 Å². The molecule has 2 saturated heterocycles. The lowest BCUT2D eigenvalue weighted by molar-refractivity contribution is -0.126. The van der Waals surface area contributed by atoms with Crippen LogP contribution in [0.4, 0.5) is 0 Å². The summed E-state index contributed by atoms with van der Waals surface area (Å²) in [7, 11) is 1.40. The number of likely N-dealkylation sites (N-methyl/N-ethyl adjacent to an activating group) is 1. The molecule has 4 unspecified atom stereocenters. The number of Topliss-reactive ketones (excluding diaryl/α,β-unsaturated/α-hetero) is 2. The molecule has 2 heterocycles. The van der Waals surface area contributed by atoms with Crippen LogP contribution in [0.3, 0.4) is 0 Å². The van der Waals surface area contributed by atoms with E-state index in [-0.39, 0.29) is 41.0 Å². The molecule has 3 aliphatic rings. The zero-order valence-electron chi connectivity index (χ0n) is 22.9. The molecule has 2 fully saturated rings. The highest BCUT2D eigenvalue weighted by atomic mass is 16.3. The SMILES string of the molecule is C=C1NC(CO)C(=O)C1=C(O)C=CC=CC=CC1CCC=CC1C=CC=CC=CC(O)=C1C(=O)C(CO)N(C)C1=O. The van der Waals surface area contributed by atoms with E-state index in [0.717, 1.165) is 17.7 Å². The number of likely N-dealkylation sites (tertiary alicyclic amines) is 1. The number of aliphatic hydroxyl groups is 4. The summed E-state index contributed by atoms with van der Waals surface area (Å²) in [4.78, 5) is 37.7. The van der Waals surface area contributed by atoms with Gasteiger partial charge in [0.15, 0.2) is 11.6 Å². The van der Waals surface area contributed by atoms with Crippen molar-refractivity contribution in [2.45, 2.75) is 24.9 Å². The van der Waals surface area contributed by atoms with Gasteiger partial charge < -0.3 is 30.6 Å². The molecule has 0 saturated carbocycles. The van der Waals surface area contributed by atoms with Crippen LogP contribution >= 0.6 is 0 Å². The van der Waals surface area contributed by atoms with Crippen LogP contribution in [0, 0.1) is 11.8 Å². The van der Waals surface area contributed by atoms with Gasteiger partial charge in [-0.2, -0.15) is 0 Å². The molecule has 9 heteroatoms. The summed E-state index contributed by atoms with van der Waals surface area (Å²) in [6.45, 7) is 2.83. The third-order valence-electron chi connectivity index (χ3n) is 7.02. The maximum Gasteiger partial charge on any atom is 0.261 e. The summed E-state index contributed by atoms with van der Waals surface area (Å²) in [6.07, 6.45) is 27.1. The molecule has 0 bridgehead atoms. The van der Waals surface area contributed by atoms with E-state index < -0.39 is 41.9 Å². The van der Waals surface area contributed by atoms with Gasteiger partial charge in [-0.3, -0.25) is 14.4 Å². The van der Waals surface area contributed by atoms with Crippen LogP contribution < -0.4 is 5.32 Å². The summed E-state index contributed by atoms with van der Waals surface area (Å²) in [5.41, 5.74) is 0.0394. The first-order chi connectivity index (χ1) is 19.7. The van der Waals surface area contributed by atoms with E-state index in [2.05, 4.69) is 36.2 Å². The smallest absolute Gasteiger partial charge is 0.261 e. The third-order valence-corrected chi connectivity index (χ3v) is 7.02. The molecular formula is C32H36N2O7. The molecule has 3 rings (SSSR count). The average molecular weight is 561 g/mol. The first-order valence-corrected chi connectivity index (χ1v) is 13.3. The van der Waals surface area contributed by atoms with Gasteiger partial charge in [0, 0.05) is 18.7 Å². The second kappa shape index (κ2) is 14.8. The first-order valence-electron chi connectivity index (χ1n) is 13.3. The van der Waals surface area contributed by atoms with Gasteiger partial charge in [0.25, 0.3) is 5.91 Å². The molecule has 0 aromatic heterocycles. The van der Waals surface area contributed by atoms with Gasteiger partial charge in [-0.1, -0.05) is 79.5 Å². The van der Waals surface area contributed by atoms with E-state index in [4.69, 9.17) is 0 Å². The zero-order valence-corrected chi connectivity index (χ0v) is 22.9. The largest absolute Gasteiger partial charge is 0.507 e. The minimum atomic E-state index is -0.969. The molecule has 9 nitrogen and oxygen atoms in total. The van der Waals surface area contributed by atoms with E-state index in [1.54, 1.807) is 24.3 Å². The van der Waals surface area contributed by atoms with Gasteiger partial charge in [0.05, 0.1) is 18.8 Å². The number of hydrogen-bond donors (Lipinski definition) is 5. The standard InChI is InChI=1S/C32H36N2O7/c1-21-28(30(39)24(19-35)33-21)26(37)17-9-5-3-7-13-22-15-11-12-16-23(22)14-8-4-6-10-18-27(38)29-31(40)25(20-36)34(2)32(29)41/h3-10,12-14,16-18,22-25,33,35-38H,1,11,15,19-20H2,2H3. The fraction of sp³-hybridized carbons (Fsp3) is 0.281. The monoisotopic (exact) mass is 560 g/mol. The Labute approximate surface area is 239 Å². The molecule has 0 aromatic carbocycles. The second-order valence-corrected chi connectivity index (χ2v) is 9.73. The Kier molecular flexibility index (Phi) is 11.2. The number of allylic oxidation sites excluding steroid dienone is 15. The number of carbonyl (C=O) groups excluding carboxylic acids is 3. The number of nitrogens with one attached hydrogen (secondary N) is 1. The van der Waals surface area contributed by atoms with Crippen molar-refractivity contribution in [2.75, 3.05) is 20.3 Å². The molecular weight excluding hydrogens is 524 g/mol. The van der Waals surface area contributed by atoms with E-state index in [0.29, 0.717) is 0 Å². The fourth-order valence-corrected chi connectivity index (χ4v) is 4.71. The maximum absolute atomic E-state index is 12.2. The fourth-order valence-electron chi connectivity index (χ4n) is 4.71. The van der Waals surface area contributed by atoms with Crippen LogP contribution in [0.25, 0.3) is 0 Å². The van der Waals surface area contributed by atoms with Crippen LogP contribution in [0.1, 0.15) is 12.8 Å². The van der Waals surface area contributed by atoms with Crippen LogP contribution in [-0.2, 0) is 14.4 Å². The molecule has 4 atom stereocenters. The van der Waals surface area contributed by atoms with E-state index in [1.807, 2.05) is 18.2 Å². The minimum absolute atomic E-state index is 0.0780. The molecule has 0 aromatic rings.